The molecule has 0 aromatic heterocycles. The molecule has 13 heavy (non-hydrogen) atoms. The molecule has 0 aromatic rings. The van der Waals surface area contributed by atoms with E-state index in [1.54, 1.807) is 0 Å². The first-order valence-electron chi connectivity index (χ1n) is 5.95. The second kappa shape index (κ2) is 4.99. The maximum Gasteiger partial charge on any atom is 0.0154 e. The van der Waals surface area contributed by atoms with Crippen LogP contribution in [-0.4, -0.2) is 5.54 Å². The number of unbranched alkanes of at least 4 members (excludes halogenated alkanes) is 4. The first-order chi connectivity index (χ1) is 6.17. The highest BCUT2D eigenvalue weighted by Crippen LogP contribution is 2.40. The smallest absolute Gasteiger partial charge is 0.0154 e. The number of hydrogen-bond donors (Lipinski definition) is 1. The summed E-state index contributed by atoms with van der Waals surface area (Å²) in [4.78, 5) is 0. The van der Waals surface area contributed by atoms with E-state index in [4.69, 9.17) is 5.73 Å². The highest BCUT2D eigenvalue weighted by Gasteiger charge is 2.37. The van der Waals surface area contributed by atoms with Crippen LogP contribution in [0.4, 0.5) is 0 Å². The third kappa shape index (κ3) is 4.12. The Hall–Kier alpha value is -0.0400. The number of hydrogen-bond acceptors (Lipinski definition) is 1. The molecule has 0 spiro atoms. The van der Waals surface area contributed by atoms with Crippen LogP contribution in [0.15, 0.2) is 0 Å². The summed E-state index contributed by atoms with van der Waals surface area (Å²) in [6, 6.07) is 0. The molecule has 0 heterocycles. The molecule has 1 aliphatic carbocycles. The van der Waals surface area contributed by atoms with Crippen LogP contribution in [0.3, 0.4) is 0 Å². The predicted molar refractivity (Wildman–Crippen MR) is 58.7 cm³/mol. The molecule has 0 amide bonds. The van der Waals surface area contributed by atoms with Gasteiger partial charge < -0.3 is 5.73 Å². The zero-order valence-electron chi connectivity index (χ0n) is 9.31. The minimum atomic E-state index is 0.159. The molecule has 78 valence electrons. The summed E-state index contributed by atoms with van der Waals surface area (Å²) in [6.07, 6.45) is 10.8. The molecular formula is C12H25N. The molecule has 1 unspecified atom stereocenters. The van der Waals surface area contributed by atoms with Gasteiger partial charge in [0.15, 0.2) is 0 Å². The van der Waals surface area contributed by atoms with Crippen LogP contribution < -0.4 is 5.73 Å². The normalized spacial score (nSPS) is 21.5. The van der Waals surface area contributed by atoms with Crippen molar-refractivity contribution in [3.05, 3.63) is 0 Å². The molecule has 2 N–H and O–H groups in total. The Morgan fingerprint density at radius 3 is 2.31 bits per heavy atom. The van der Waals surface area contributed by atoms with E-state index >= 15 is 0 Å². The molecular weight excluding hydrogens is 158 g/mol. The molecule has 1 rings (SSSR count). The van der Waals surface area contributed by atoms with Crippen molar-refractivity contribution in [3.8, 4) is 0 Å². The van der Waals surface area contributed by atoms with Gasteiger partial charge in [-0.1, -0.05) is 39.0 Å². The summed E-state index contributed by atoms with van der Waals surface area (Å²) in [7, 11) is 0. The van der Waals surface area contributed by atoms with Gasteiger partial charge in [-0.3, -0.25) is 0 Å². The number of rotatable bonds is 7. The van der Waals surface area contributed by atoms with Crippen molar-refractivity contribution in [2.75, 3.05) is 0 Å². The van der Waals surface area contributed by atoms with Crippen LogP contribution in [0.1, 0.15) is 65.2 Å². The van der Waals surface area contributed by atoms with Crippen molar-refractivity contribution < 1.29 is 0 Å². The van der Waals surface area contributed by atoms with Gasteiger partial charge in [-0.05, 0) is 32.1 Å². The molecule has 0 aliphatic heterocycles. The zero-order chi connectivity index (χ0) is 9.73. The van der Waals surface area contributed by atoms with Crippen LogP contribution in [0.25, 0.3) is 0 Å². The van der Waals surface area contributed by atoms with E-state index in [0.717, 1.165) is 5.92 Å². The molecule has 1 saturated carbocycles. The van der Waals surface area contributed by atoms with Gasteiger partial charge in [0, 0.05) is 5.54 Å². The van der Waals surface area contributed by atoms with E-state index < -0.39 is 0 Å². The minimum Gasteiger partial charge on any atom is -0.325 e. The monoisotopic (exact) mass is 183 g/mol. The molecule has 1 heteroatoms. The third-order valence-electron chi connectivity index (χ3n) is 3.33. The first-order valence-corrected chi connectivity index (χ1v) is 5.95. The second-order valence-corrected chi connectivity index (χ2v) is 4.94. The van der Waals surface area contributed by atoms with Gasteiger partial charge in [0.2, 0.25) is 0 Å². The quantitative estimate of drug-likeness (QED) is 0.601. The lowest BCUT2D eigenvalue weighted by atomic mass is 9.90. The zero-order valence-corrected chi connectivity index (χ0v) is 9.31. The van der Waals surface area contributed by atoms with Crippen LogP contribution >= 0.6 is 0 Å². The highest BCUT2D eigenvalue weighted by atomic mass is 14.8. The average molecular weight is 183 g/mol. The lowest BCUT2D eigenvalue weighted by molar-refractivity contribution is 0.361. The van der Waals surface area contributed by atoms with E-state index in [-0.39, 0.29) is 5.54 Å². The van der Waals surface area contributed by atoms with Gasteiger partial charge in [-0.25, -0.2) is 0 Å². The third-order valence-corrected chi connectivity index (χ3v) is 3.33. The molecule has 1 aliphatic rings. The fraction of sp³-hybridized carbons (Fsp3) is 1.00. The number of nitrogens with two attached hydrogens (primary N) is 1. The summed E-state index contributed by atoms with van der Waals surface area (Å²) in [5, 5.41) is 0. The maximum atomic E-state index is 6.24. The fourth-order valence-corrected chi connectivity index (χ4v) is 2.06. The second-order valence-electron chi connectivity index (χ2n) is 4.94. The minimum absolute atomic E-state index is 0.159. The lowest BCUT2D eigenvalue weighted by Crippen LogP contribution is -2.38. The Kier molecular flexibility index (Phi) is 4.24. The van der Waals surface area contributed by atoms with Crippen LogP contribution in [0.2, 0.25) is 0 Å². The van der Waals surface area contributed by atoms with Gasteiger partial charge in [0.1, 0.15) is 0 Å². The highest BCUT2D eigenvalue weighted by molar-refractivity contribution is 4.94. The maximum absolute atomic E-state index is 6.24. The Bertz CT molecular complexity index is 136. The average Bonchev–Trinajstić information content (AvgIpc) is 2.86. The van der Waals surface area contributed by atoms with E-state index in [1.165, 1.54) is 51.4 Å². The van der Waals surface area contributed by atoms with Gasteiger partial charge >= 0.3 is 0 Å². The van der Waals surface area contributed by atoms with E-state index in [9.17, 15) is 0 Å². The van der Waals surface area contributed by atoms with Crippen molar-refractivity contribution in [1.82, 2.24) is 0 Å². The summed E-state index contributed by atoms with van der Waals surface area (Å²) in [6.45, 7) is 4.50. The Morgan fingerprint density at radius 1 is 1.15 bits per heavy atom. The van der Waals surface area contributed by atoms with E-state index in [2.05, 4.69) is 13.8 Å². The molecule has 0 bridgehead atoms. The Labute approximate surface area is 83.1 Å². The van der Waals surface area contributed by atoms with Crippen molar-refractivity contribution in [1.29, 1.82) is 0 Å². The Morgan fingerprint density at radius 2 is 1.77 bits per heavy atom. The molecule has 1 atom stereocenters. The standard InChI is InChI=1S/C12H25N/c1-3-4-5-6-7-10-12(2,13)11-8-9-11/h11H,3-10,13H2,1-2H3. The van der Waals surface area contributed by atoms with Gasteiger partial charge in [-0.2, -0.15) is 0 Å². The summed E-state index contributed by atoms with van der Waals surface area (Å²) in [5.41, 5.74) is 6.40. The summed E-state index contributed by atoms with van der Waals surface area (Å²) >= 11 is 0. The topological polar surface area (TPSA) is 26.0 Å². The van der Waals surface area contributed by atoms with E-state index in [1.807, 2.05) is 0 Å². The van der Waals surface area contributed by atoms with E-state index in [0.29, 0.717) is 0 Å². The molecule has 1 fully saturated rings. The molecule has 0 saturated heterocycles. The SMILES string of the molecule is CCCCCCCC(C)(N)C1CC1. The first kappa shape index (κ1) is 11.0. The lowest BCUT2D eigenvalue weighted by Gasteiger charge is -2.24. The van der Waals surface area contributed by atoms with Crippen molar-refractivity contribution in [3.63, 3.8) is 0 Å². The van der Waals surface area contributed by atoms with Gasteiger partial charge in [-0.15, -0.1) is 0 Å². The predicted octanol–water partition coefficient (Wildman–Crippen LogP) is 3.47. The summed E-state index contributed by atoms with van der Waals surface area (Å²) in [5.74, 6) is 0.846. The van der Waals surface area contributed by atoms with Gasteiger partial charge in [0.25, 0.3) is 0 Å². The van der Waals surface area contributed by atoms with Crippen molar-refractivity contribution in [2.24, 2.45) is 11.7 Å². The fourth-order valence-electron chi connectivity index (χ4n) is 2.06. The summed E-state index contributed by atoms with van der Waals surface area (Å²) < 4.78 is 0. The molecule has 0 radical (unpaired) electrons. The molecule has 1 nitrogen and oxygen atoms in total. The largest absolute Gasteiger partial charge is 0.325 e. The van der Waals surface area contributed by atoms with Crippen LogP contribution in [0, 0.1) is 5.92 Å². The van der Waals surface area contributed by atoms with Crippen molar-refractivity contribution >= 4 is 0 Å². The van der Waals surface area contributed by atoms with Crippen molar-refractivity contribution in [2.45, 2.75) is 70.8 Å². The van der Waals surface area contributed by atoms with Crippen LogP contribution in [0.5, 0.6) is 0 Å². The Balaban J connectivity index is 1.97. The molecule has 0 aromatic carbocycles. The van der Waals surface area contributed by atoms with Gasteiger partial charge in [0.05, 0.1) is 0 Å². The van der Waals surface area contributed by atoms with Crippen LogP contribution in [-0.2, 0) is 0 Å².